The summed E-state index contributed by atoms with van der Waals surface area (Å²) in [6, 6.07) is 17.5. The topological polar surface area (TPSA) is 104 Å². The molecule has 0 saturated heterocycles. The second kappa shape index (κ2) is 10.7. The van der Waals surface area contributed by atoms with Crippen LogP contribution in [0.3, 0.4) is 0 Å². The van der Waals surface area contributed by atoms with Gasteiger partial charge in [-0.2, -0.15) is 0 Å². The van der Waals surface area contributed by atoms with Crippen LogP contribution in [-0.2, 0) is 10.0 Å². The molecule has 2 amide bonds. The average Bonchev–Trinajstić information content (AvgIpc) is 2.77. The van der Waals surface area contributed by atoms with Crippen molar-refractivity contribution in [1.82, 2.24) is 5.32 Å². The van der Waals surface area contributed by atoms with Crippen LogP contribution in [0.5, 0.6) is 0 Å². The molecule has 0 spiro atoms. The average molecular weight is 500 g/mol. The van der Waals surface area contributed by atoms with E-state index in [0.717, 1.165) is 5.56 Å². The minimum absolute atomic E-state index is 0.0230. The van der Waals surface area contributed by atoms with E-state index in [1.54, 1.807) is 42.5 Å². The maximum absolute atomic E-state index is 13.0. The molecule has 178 valence electrons. The highest BCUT2D eigenvalue weighted by Gasteiger charge is 2.21. The molecule has 7 nitrogen and oxygen atoms in total. The van der Waals surface area contributed by atoms with Gasteiger partial charge in [0.15, 0.2) is 0 Å². The van der Waals surface area contributed by atoms with E-state index >= 15 is 0 Å². The Morgan fingerprint density at radius 1 is 0.941 bits per heavy atom. The van der Waals surface area contributed by atoms with Gasteiger partial charge in [0.25, 0.3) is 21.8 Å². The molecule has 0 heterocycles. The highest BCUT2D eigenvalue weighted by molar-refractivity contribution is 7.92. The Balaban J connectivity index is 1.85. The fourth-order valence-corrected chi connectivity index (χ4v) is 4.72. The Kier molecular flexibility index (Phi) is 7.96. The Morgan fingerprint density at radius 2 is 1.68 bits per heavy atom. The van der Waals surface area contributed by atoms with Crippen LogP contribution in [0.15, 0.2) is 71.6 Å². The predicted octanol–water partition coefficient (Wildman–Crippen LogP) is 5.09. The molecule has 0 aliphatic heterocycles. The number of amides is 2. The first-order valence-electron chi connectivity index (χ1n) is 10.6. The van der Waals surface area contributed by atoms with Gasteiger partial charge >= 0.3 is 0 Å². The smallest absolute Gasteiger partial charge is 0.263 e. The number of benzene rings is 3. The lowest BCUT2D eigenvalue weighted by Gasteiger charge is -2.14. The Morgan fingerprint density at radius 3 is 2.38 bits per heavy atom. The summed E-state index contributed by atoms with van der Waals surface area (Å²) in [7, 11) is -4.05. The number of carbonyl (C=O) groups is 2. The standard InChI is InChI=1S/C25H26ClN3O4S/c1-16(2)15-27-25(31)20-9-4-5-10-22(20)28-24(30)18-11-12-21(26)23(14-18)34(32,33)29-19-8-6-7-17(3)13-19/h4-14,16,29H,15H2,1-3H3,(H,27,31)(H,28,30). The Bertz CT molecular complexity index is 1320. The summed E-state index contributed by atoms with van der Waals surface area (Å²) in [5, 5.41) is 5.49. The van der Waals surface area contributed by atoms with Crippen molar-refractivity contribution in [3.63, 3.8) is 0 Å². The quantitative estimate of drug-likeness (QED) is 0.401. The number of hydrogen-bond acceptors (Lipinski definition) is 4. The van der Waals surface area contributed by atoms with Crippen molar-refractivity contribution in [2.75, 3.05) is 16.6 Å². The molecule has 0 atom stereocenters. The first-order chi connectivity index (χ1) is 16.1. The molecule has 0 bridgehead atoms. The molecule has 0 aromatic heterocycles. The lowest BCUT2D eigenvalue weighted by atomic mass is 10.1. The summed E-state index contributed by atoms with van der Waals surface area (Å²) in [5.41, 5.74) is 1.96. The van der Waals surface area contributed by atoms with E-state index in [9.17, 15) is 18.0 Å². The number of rotatable bonds is 8. The van der Waals surface area contributed by atoms with Gasteiger partial charge in [-0.25, -0.2) is 8.42 Å². The molecule has 0 unspecified atom stereocenters. The van der Waals surface area contributed by atoms with Gasteiger partial charge in [-0.05, 0) is 60.9 Å². The van der Waals surface area contributed by atoms with E-state index in [0.29, 0.717) is 23.5 Å². The van der Waals surface area contributed by atoms with Gasteiger partial charge in [0.2, 0.25) is 0 Å². The molecule has 0 fully saturated rings. The number of carbonyl (C=O) groups excluding carboxylic acids is 2. The van der Waals surface area contributed by atoms with E-state index in [1.165, 1.54) is 18.2 Å². The van der Waals surface area contributed by atoms with Gasteiger partial charge in [-0.3, -0.25) is 14.3 Å². The second-order valence-electron chi connectivity index (χ2n) is 8.22. The third-order valence-corrected chi connectivity index (χ3v) is 6.71. The van der Waals surface area contributed by atoms with E-state index in [1.807, 2.05) is 26.8 Å². The summed E-state index contributed by atoms with van der Waals surface area (Å²) in [6.45, 7) is 6.30. The minimum Gasteiger partial charge on any atom is -0.352 e. The Hall–Kier alpha value is -3.36. The first-order valence-corrected chi connectivity index (χ1v) is 12.5. The van der Waals surface area contributed by atoms with Crippen LogP contribution >= 0.6 is 11.6 Å². The number of sulfonamides is 1. The molecule has 0 aliphatic rings. The third-order valence-electron chi connectivity index (χ3n) is 4.84. The molecule has 3 N–H and O–H groups in total. The molecular formula is C25H26ClN3O4S. The summed E-state index contributed by atoms with van der Waals surface area (Å²) in [5.74, 6) is -0.618. The van der Waals surface area contributed by atoms with Crippen LogP contribution in [-0.4, -0.2) is 26.8 Å². The van der Waals surface area contributed by atoms with Gasteiger partial charge in [0.1, 0.15) is 4.90 Å². The van der Waals surface area contributed by atoms with Gasteiger partial charge in [-0.15, -0.1) is 0 Å². The third kappa shape index (κ3) is 6.36. The van der Waals surface area contributed by atoms with Crippen molar-refractivity contribution in [3.8, 4) is 0 Å². The number of anilines is 2. The largest absolute Gasteiger partial charge is 0.352 e. The molecule has 0 radical (unpaired) electrons. The number of nitrogens with one attached hydrogen (secondary N) is 3. The van der Waals surface area contributed by atoms with Crippen molar-refractivity contribution in [3.05, 3.63) is 88.4 Å². The van der Waals surface area contributed by atoms with E-state index in [4.69, 9.17) is 11.6 Å². The highest BCUT2D eigenvalue weighted by Crippen LogP contribution is 2.26. The zero-order valence-electron chi connectivity index (χ0n) is 19.1. The lowest BCUT2D eigenvalue weighted by molar-refractivity contribution is 0.0950. The van der Waals surface area contributed by atoms with Gasteiger partial charge in [-0.1, -0.05) is 49.7 Å². The maximum atomic E-state index is 13.0. The summed E-state index contributed by atoms with van der Waals surface area (Å²) >= 11 is 6.17. The normalized spacial score (nSPS) is 11.2. The van der Waals surface area contributed by atoms with E-state index in [-0.39, 0.29) is 27.3 Å². The number of hydrogen-bond donors (Lipinski definition) is 3. The molecule has 34 heavy (non-hydrogen) atoms. The summed E-state index contributed by atoms with van der Waals surface area (Å²) in [6.07, 6.45) is 0. The van der Waals surface area contributed by atoms with Crippen LogP contribution in [0.4, 0.5) is 11.4 Å². The van der Waals surface area contributed by atoms with Crippen molar-refractivity contribution in [2.45, 2.75) is 25.7 Å². The number of aryl methyl sites for hydroxylation is 1. The zero-order chi connectivity index (χ0) is 24.9. The van der Waals surface area contributed by atoms with Crippen molar-refractivity contribution in [2.24, 2.45) is 5.92 Å². The summed E-state index contributed by atoms with van der Waals surface area (Å²) in [4.78, 5) is 25.3. The van der Waals surface area contributed by atoms with E-state index < -0.39 is 15.9 Å². The lowest BCUT2D eigenvalue weighted by Crippen LogP contribution is -2.28. The summed E-state index contributed by atoms with van der Waals surface area (Å²) < 4.78 is 28.4. The van der Waals surface area contributed by atoms with Crippen molar-refractivity contribution < 1.29 is 18.0 Å². The van der Waals surface area contributed by atoms with Gasteiger partial charge < -0.3 is 10.6 Å². The van der Waals surface area contributed by atoms with Gasteiger partial charge in [0, 0.05) is 17.8 Å². The fraction of sp³-hybridized carbons (Fsp3) is 0.200. The van der Waals surface area contributed by atoms with Crippen LogP contribution in [0.2, 0.25) is 5.02 Å². The van der Waals surface area contributed by atoms with Crippen molar-refractivity contribution >= 4 is 44.8 Å². The second-order valence-corrected chi connectivity index (χ2v) is 10.3. The number of halogens is 1. The minimum atomic E-state index is -4.05. The van der Waals surface area contributed by atoms with Crippen LogP contribution < -0.4 is 15.4 Å². The highest BCUT2D eigenvalue weighted by atomic mass is 35.5. The maximum Gasteiger partial charge on any atom is 0.263 e. The Labute approximate surface area is 204 Å². The van der Waals surface area contributed by atoms with Gasteiger partial charge in [0.05, 0.1) is 16.3 Å². The molecular weight excluding hydrogens is 474 g/mol. The van der Waals surface area contributed by atoms with E-state index in [2.05, 4.69) is 15.4 Å². The predicted molar refractivity (Wildman–Crippen MR) is 135 cm³/mol. The van der Waals surface area contributed by atoms with Crippen LogP contribution in [0.25, 0.3) is 0 Å². The molecule has 3 aromatic rings. The number of para-hydroxylation sites is 1. The van der Waals surface area contributed by atoms with Crippen LogP contribution in [0.1, 0.15) is 40.1 Å². The molecule has 0 aliphatic carbocycles. The molecule has 9 heteroatoms. The SMILES string of the molecule is Cc1cccc(NS(=O)(=O)c2cc(C(=O)Nc3ccccc3C(=O)NCC(C)C)ccc2Cl)c1. The molecule has 0 saturated carbocycles. The first kappa shape index (κ1) is 25.3. The van der Waals surface area contributed by atoms with Crippen molar-refractivity contribution in [1.29, 1.82) is 0 Å². The molecule has 3 rings (SSSR count). The molecule has 3 aromatic carbocycles. The van der Waals surface area contributed by atoms with Crippen LogP contribution in [0, 0.1) is 12.8 Å². The monoisotopic (exact) mass is 499 g/mol. The fourth-order valence-electron chi connectivity index (χ4n) is 3.15. The zero-order valence-corrected chi connectivity index (χ0v) is 20.6.